The van der Waals surface area contributed by atoms with Gasteiger partial charge < -0.3 is 20.2 Å². The lowest BCUT2D eigenvalue weighted by Crippen LogP contribution is -2.20. The molecule has 7 nitrogen and oxygen atoms in total. The van der Waals surface area contributed by atoms with Crippen LogP contribution >= 0.6 is 0 Å². The third-order valence-corrected chi connectivity index (χ3v) is 2.20. The van der Waals surface area contributed by atoms with Crippen LogP contribution in [-0.2, 0) is 9.53 Å². The smallest absolute Gasteiger partial charge is 0.408 e. The number of nitrogens with two attached hydrogens (primary N) is 1. The van der Waals surface area contributed by atoms with Gasteiger partial charge in [-0.2, -0.15) is 0 Å². The zero-order valence-electron chi connectivity index (χ0n) is 9.56. The molecule has 0 aliphatic carbocycles. The first kappa shape index (κ1) is 12.3. The van der Waals surface area contributed by atoms with Crippen molar-refractivity contribution in [1.82, 2.24) is 4.98 Å². The fourth-order valence-electron chi connectivity index (χ4n) is 1.48. The van der Waals surface area contributed by atoms with E-state index in [9.17, 15) is 9.59 Å². The van der Waals surface area contributed by atoms with E-state index in [2.05, 4.69) is 10.3 Å². The van der Waals surface area contributed by atoms with Gasteiger partial charge in [0.25, 0.3) is 0 Å². The predicted molar refractivity (Wildman–Crippen MR) is 65.3 cm³/mol. The molecule has 0 bridgehead atoms. The topological polar surface area (TPSA) is 110 Å². The van der Waals surface area contributed by atoms with Gasteiger partial charge in [0.05, 0.1) is 12.1 Å². The summed E-state index contributed by atoms with van der Waals surface area (Å²) in [6, 6.07) is 4.85. The number of H-pyrrole nitrogens is 1. The van der Waals surface area contributed by atoms with Crippen molar-refractivity contribution in [3.8, 4) is 0 Å². The monoisotopic (exact) mass is 251 g/mol. The average Bonchev–Trinajstić information content (AvgIpc) is 2.69. The van der Waals surface area contributed by atoms with E-state index in [1.165, 1.54) is 0 Å². The number of amides is 1. The standard InChI is InChI=1S/C11H13N3O4/c12-3-4-17-6-10(15)13-7-1-2-9-8(5-7)14-11(16)18-9/h1-2,5H,3-4,6,12H2,(H,13,15)(H,14,16). The van der Waals surface area contributed by atoms with Crippen molar-refractivity contribution < 1.29 is 13.9 Å². The number of hydrogen-bond donors (Lipinski definition) is 3. The number of oxazole rings is 1. The summed E-state index contributed by atoms with van der Waals surface area (Å²) in [5.41, 5.74) is 6.76. The largest absolute Gasteiger partial charge is 0.417 e. The van der Waals surface area contributed by atoms with Crippen LogP contribution in [0.1, 0.15) is 0 Å². The Morgan fingerprint density at radius 2 is 2.33 bits per heavy atom. The SMILES string of the molecule is NCCOCC(=O)Nc1ccc2oc(=O)[nH]c2c1. The van der Waals surface area contributed by atoms with Gasteiger partial charge in [0, 0.05) is 12.2 Å². The molecular weight excluding hydrogens is 238 g/mol. The van der Waals surface area contributed by atoms with E-state index in [0.29, 0.717) is 29.9 Å². The molecule has 0 saturated carbocycles. The molecule has 18 heavy (non-hydrogen) atoms. The quantitative estimate of drug-likeness (QED) is 0.649. The molecule has 1 heterocycles. The van der Waals surface area contributed by atoms with Crippen LogP contribution in [0.2, 0.25) is 0 Å². The van der Waals surface area contributed by atoms with Crippen LogP contribution in [0.25, 0.3) is 11.1 Å². The molecule has 0 saturated heterocycles. The van der Waals surface area contributed by atoms with Crippen molar-refractivity contribution in [1.29, 1.82) is 0 Å². The number of hydrogen-bond acceptors (Lipinski definition) is 5. The van der Waals surface area contributed by atoms with Crippen LogP contribution in [0, 0.1) is 0 Å². The molecule has 1 aromatic heterocycles. The minimum atomic E-state index is -0.528. The summed E-state index contributed by atoms with van der Waals surface area (Å²) in [6.07, 6.45) is 0. The number of nitrogens with one attached hydrogen (secondary N) is 2. The molecule has 0 spiro atoms. The molecular formula is C11H13N3O4. The molecule has 0 unspecified atom stereocenters. The normalized spacial score (nSPS) is 10.7. The zero-order chi connectivity index (χ0) is 13.0. The number of rotatable bonds is 5. The van der Waals surface area contributed by atoms with Crippen LogP contribution in [0.15, 0.2) is 27.4 Å². The zero-order valence-corrected chi connectivity index (χ0v) is 9.56. The maximum Gasteiger partial charge on any atom is 0.417 e. The third kappa shape index (κ3) is 2.96. The second-order valence-corrected chi connectivity index (χ2v) is 3.61. The van der Waals surface area contributed by atoms with Crippen molar-refractivity contribution in [2.75, 3.05) is 25.1 Å². The molecule has 0 atom stereocenters. The molecule has 2 rings (SSSR count). The van der Waals surface area contributed by atoms with Crippen molar-refractivity contribution in [2.45, 2.75) is 0 Å². The summed E-state index contributed by atoms with van der Waals surface area (Å²) >= 11 is 0. The number of carbonyl (C=O) groups excluding carboxylic acids is 1. The number of carbonyl (C=O) groups is 1. The van der Waals surface area contributed by atoms with E-state index in [1.54, 1.807) is 18.2 Å². The summed E-state index contributed by atoms with van der Waals surface area (Å²) in [6.45, 7) is 0.647. The fourth-order valence-corrected chi connectivity index (χ4v) is 1.48. The second kappa shape index (κ2) is 5.48. The van der Waals surface area contributed by atoms with Gasteiger partial charge in [-0.1, -0.05) is 0 Å². The lowest BCUT2D eigenvalue weighted by Gasteiger charge is -2.05. The summed E-state index contributed by atoms with van der Waals surface area (Å²) in [5.74, 6) is -0.812. The van der Waals surface area contributed by atoms with Gasteiger partial charge >= 0.3 is 5.76 Å². The van der Waals surface area contributed by atoms with Crippen molar-refractivity contribution >= 4 is 22.7 Å². The first-order valence-electron chi connectivity index (χ1n) is 5.39. The first-order valence-corrected chi connectivity index (χ1v) is 5.39. The number of anilines is 1. The molecule has 96 valence electrons. The Labute approximate surface area is 102 Å². The number of aromatic nitrogens is 1. The van der Waals surface area contributed by atoms with Crippen LogP contribution in [0.4, 0.5) is 5.69 Å². The summed E-state index contributed by atoms with van der Waals surface area (Å²) in [5, 5.41) is 2.63. The second-order valence-electron chi connectivity index (χ2n) is 3.61. The van der Waals surface area contributed by atoms with E-state index < -0.39 is 5.76 Å². The minimum absolute atomic E-state index is 0.0584. The van der Waals surface area contributed by atoms with Gasteiger partial charge in [-0.3, -0.25) is 9.78 Å². The number of fused-ring (bicyclic) bond motifs is 1. The molecule has 0 aliphatic heterocycles. The molecule has 1 aromatic carbocycles. The molecule has 4 N–H and O–H groups in total. The first-order chi connectivity index (χ1) is 8.69. The predicted octanol–water partition coefficient (Wildman–Crippen LogP) is 0.0349. The van der Waals surface area contributed by atoms with Crippen molar-refractivity contribution in [3.63, 3.8) is 0 Å². The lowest BCUT2D eigenvalue weighted by molar-refractivity contribution is -0.120. The number of aromatic amines is 1. The maximum atomic E-state index is 11.5. The Kier molecular flexibility index (Phi) is 3.75. The third-order valence-electron chi connectivity index (χ3n) is 2.20. The molecule has 0 fully saturated rings. The highest BCUT2D eigenvalue weighted by molar-refractivity contribution is 5.93. The van der Waals surface area contributed by atoms with E-state index in [-0.39, 0.29) is 12.5 Å². The fraction of sp³-hybridized carbons (Fsp3) is 0.273. The van der Waals surface area contributed by atoms with Gasteiger partial charge in [0.1, 0.15) is 6.61 Å². The van der Waals surface area contributed by atoms with Gasteiger partial charge in [0.15, 0.2) is 5.58 Å². The Balaban J connectivity index is 2.02. The number of benzene rings is 1. The Morgan fingerprint density at radius 3 is 3.11 bits per heavy atom. The van der Waals surface area contributed by atoms with Gasteiger partial charge in [0.2, 0.25) is 5.91 Å². The van der Waals surface area contributed by atoms with Crippen molar-refractivity contribution in [3.05, 3.63) is 28.7 Å². The van der Waals surface area contributed by atoms with E-state index in [0.717, 1.165) is 0 Å². The molecule has 0 aliphatic rings. The molecule has 2 aromatic rings. The summed E-state index contributed by atoms with van der Waals surface area (Å²) < 4.78 is 9.84. The van der Waals surface area contributed by atoms with Crippen LogP contribution in [-0.4, -0.2) is 30.6 Å². The Bertz CT molecular complexity index is 602. The van der Waals surface area contributed by atoms with E-state index in [1.807, 2.05) is 0 Å². The van der Waals surface area contributed by atoms with E-state index >= 15 is 0 Å². The highest BCUT2D eigenvalue weighted by atomic mass is 16.5. The van der Waals surface area contributed by atoms with Crippen molar-refractivity contribution in [2.24, 2.45) is 5.73 Å². The number of ether oxygens (including phenoxy) is 1. The Morgan fingerprint density at radius 1 is 1.50 bits per heavy atom. The van der Waals surface area contributed by atoms with Gasteiger partial charge in [-0.25, -0.2) is 4.79 Å². The van der Waals surface area contributed by atoms with Gasteiger partial charge in [-0.15, -0.1) is 0 Å². The van der Waals surface area contributed by atoms with Crippen LogP contribution < -0.4 is 16.8 Å². The molecule has 0 radical (unpaired) electrons. The maximum absolute atomic E-state index is 11.5. The summed E-state index contributed by atoms with van der Waals surface area (Å²) in [7, 11) is 0. The Hall–Kier alpha value is -2.12. The highest BCUT2D eigenvalue weighted by Crippen LogP contribution is 2.15. The van der Waals surface area contributed by atoms with Gasteiger partial charge in [-0.05, 0) is 18.2 Å². The molecule has 7 heteroatoms. The average molecular weight is 251 g/mol. The van der Waals surface area contributed by atoms with E-state index in [4.69, 9.17) is 14.9 Å². The molecule has 1 amide bonds. The summed E-state index contributed by atoms with van der Waals surface area (Å²) in [4.78, 5) is 24.9. The van der Waals surface area contributed by atoms with Crippen LogP contribution in [0.5, 0.6) is 0 Å². The lowest BCUT2D eigenvalue weighted by atomic mass is 10.3. The van der Waals surface area contributed by atoms with Crippen LogP contribution in [0.3, 0.4) is 0 Å². The minimum Gasteiger partial charge on any atom is -0.408 e. The highest BCUT2D eigenvalue weighted by Gasteiger charge is 2.05.